The van der Waals surface area contributed by atoms with Gasteiger partial charge in [-0.1, -0.05) is 152 Å². The molecule has 0 spiro atoms. The van der Waals surface area contributed by atoms with Crippen LogP contribution < -0.4 is 4.74 Å². The van der Waals surface area contributed by atoms with Crippen molar-refractivity contribution >= 4 is 17.1 Å². The first-order valence-corrected chi connectivity index (χ1v) is 16.5. The average molecular weight is 539 g/mol. The van der Waals surface area contributed by atoms with E-state index >= 15 is 0 Å². The van der Waals surface area contributed by atoms with Crippen molar-refractivity contribution in [1.29, 1.82) is 0 Å². The molecule has 0 aliphatic carbocycles. The lowest BCUT2D eigenvalue weighted by molar-refractivity contribution is -0.107. The Hall–Kier alpha value is -1.87. The Labute approximate surface area is 240 Å². The Kier molecular flexibility index (Phi) is 21.5. The van der Waals surface area contributed by atoms with Gasteiger partial charge >= 0.3 is 0 Å². The van der Waals surface area contributed by atoms with E-state index in [1.54, 1.807) is 0 Å². The summed E-state index contributed by atoms with van der Waals surface area (Å²) in [5.41, 5.74) is 0. The van der Waals surface area contributed by atoms with E-state index in [4.69, 9.17) is 9.47 Å². The molecule has 3 heteroatoms. The number of benzene rings is 2. The molecule has 39 heavy (non-hydrogen) atoms. The van der Waals surface area contributed by atoms with Crippen LogP contribution in [0, 0.1) is 0 Å². The monoisotopic (exact) mass is 538 g/mol. The number of rotatable bonds is 28. The smallest absolute Gasteiger partial charge is 0.120 e. The summed E-state index contributed by atoms with van der Waals surface area (Å²) in [7, 11) is 0. The molecule has 0 fully saturated rings. The summed E-state index contributed by atoms with van der Waals surface area (Å²) in [6.45, 7) is 2.13. The van der Waals surface area contributed by atoms with Gasteiger partial charge in [-0.3, -0.25) is 0 Å². The highest BCUT2D eigenvalue weighted by molar-refractivity contribution is 5.83. The lowest BCUT2D eigenvalue weighted by atomic mass is 10.0. The number of ether oxygens (including phenoxy) is 2. The van der Waals surface area contributed by atoms with Gasteiger partial charge in [0.2, 0.25) is 0 Å². The molecule has 0 aliphatic rings. The third kappa shape index (κ3) is 18.9. The lowest BCUT2D eigenvalue weighted by Crippen LogP contribution is -2.07. The zero-order chi connectivity index (χ0) is 27.5. The average Bonchev–Trinajstić information content (AvgIpc) is 2.96. The highest BCUT2D eigenvalue weighted by atomic mass is 16.5. The first-order chi connectivity index (χ1) is 19.4. The number of hydrogen-bond donors (Lipinski definition) is 0. The summed E-state index contributed by atoms with van der Waals surface area (Å²) in [5.74, 6) is 0.922. The maximum atomic E-state index is 10.3. The Bertz CT molecular complexity index is 818. The van der Waals surface area contributed by atoms with Crippen LogP contribution in [0.2, 0.25) is 0 Å². The summed E-state index contributed by atoms with van der Waals surface area (Å²) in [5, 5.41) is 2.46. The molecule has 0 amide bonds. The maximum absolute atomic E-state index is 10.3. The van der Waals surface area contributed by atoms with Gasteiger partial charge in [0.15, 0.2) is 0 Å². The van der Waals surface area contributed by atoms with Crippen LogP contribution in [-0.4, -0.2) is 26.1 Å². The molecule has 0 bridgehead atoms. The van der Waals surface area contributed by atoms with E-state index < -0.39 is 0 Å². The number of aldehydes is 1. The van der Waals surface area contributed by atoms with Gasteiger partial charge < -0.3 is 14.3 Å². The first-order valence-electron chi connectivity index (χ1n) is 16.5. The molecule has 2 aromatic carbocycles. The molecule has 2 rings (SSSR count). The maximum Gasteiger partial charge on any atom is 0.120 e. The van der Waals surface area contributed by atoms with Crippen LogP contribution in [0.5, 0.6) is 5.75 Å². The van der Waals surface area contributed by atoms with Crippen molar-refractivity contribution in [2.45, 2.75) is 141 Å². The number of hydrogen-bond acceptors (Lipinski definition) is 3. The second kappa shape index (κ2) is 25.1. The van der Waals surface area contributed by atoms with Gasteiger partial charge in [0.1, 0.15) is 18.6 Å². The van der Waals surface area contributed by atoms with Gasteiger partial charge in [-0.2, -0.15) is 0 Å². The quantitative estimate of drug-likeness (QED) is 0.0798. The summed E-state index contributed by atoms with van der Waals surface area (Å²) in [6, 6.07) is 14.6. The Balaban J connectivity index is 1.21. The number of fused-ring (bicyclic) bond motifs is 1. The van der Waals surface area contributed by atoms with Crippen LogP contribution in [0.1, 0.15) is 141 Å². The van der Waals surface area contributed by atoms with E-state index in [0.717, 1.165) is 31.5 Å². The molecule has 0 unspecified atom stereocenters. The zero-order valence-electron chi connectivity index (χ0n) is 25.0. The Morgan fingerprint density at radius 1 is 0.462 bits per heavy atom. The zero-order valence-corrected chi connectivity index (χ0v) is 25.0. The van der Waals surface area contributed by atoms with Crippen molar-refractivity contribution in [2.75, 3.05) is 19.8 Å². The van der Waals surface area contributed by atoms with E-state index in [2.05, 4.69) is 36.4 Å². The topological polar surface area (TPSA) is 35.5 Å². The van der Waals surface area contributed by atoms with Crippen LogP contribution in [0.4, 0.5) is 0 Å². The van der Waals surface area contributed by atoms with E-state index in [1.807, 2.05) is 6.07 Å². The van der Waals surface area contributed by atoms with Crippen molar-refractivity contribution in [3.63, 3.8) is 0 Å². The third-order valence-electron chi connectivity index (χ3n) is 7.83. The third-order valence-corrected chi connectivity index (χ3v) is 7.83. The van der Waals surface area contributed by atoms with Gasteiger partial charge in [-0.05, 0) is 35.7 Å². The SMILES string of the molecule is O=CCCCCCCCCCCCCCCCCCCCCCCCOCCOc1ccc2ccccc2c1. The van der Waals surface area contributed by atoms with Crippen LogP contribution in [-0.2, 0) is 9.53 Å². The summed E-state index contributed by atoms with van der Waals surface area (Å²) in [6.07, 6.45) is 30.5. The highest BCUT2D eigenvalue weighted by Crippen LogP contribution is 2.20. The van der Waals surface area contributed by atoms with Crippen LogP contribution in [0.3, 0.4) is 0 Å². The molecule has 0 N–H and O–H groups in total. The minimum Gasteiger partial charge on any atom is -0.491 e. The molecule has 0 saturated heterocycles. The fraction of sp³-hybridized carbons (Fsp3) is 0.694. The summed E-state index contributed by atoms with van der Waals surface area (Å²) >= 11 is 0. The van der Waals surface area contributed by atoms with Gasteiger partial charge in [0.05, 0.1) is 6.61 Å². The molecule has 0 aliphatic heterocycles. The minimum atomic E-state index is 0.616. The van der Waals surface area contributed by atoms with E-state index in [9.17, 15) is 4.79 Å². The highest BCUT2D eigenvalue weighted by Gasteiger charge is 1.99. The fourth-order valence-electron chi connectivity index (χ4n) is 5.37. The molecule has 0 atom stereocenters. The van der Waals surface area contributed by atoms with Crippen molar-refractivity contribution in [1.82, 2.24) is 0 Å². The number of carbonyl (C=O) groups is 1. The largest absolute Gasteiger partial charge is 0.491 e. The van der Waals surface area contributed by atoms with Crippen LogP contribution in [0.15, 0.2) is 42.5 Å². The predicted octanol–water partition coefficient (Wildman–Crippen LogP) is 11.0. The van der Waals surface area contributed by atoms with Gasteiger partial charge in [0.25, 0.3) is 0 Å². The molecule has 0 radical (unpaired) electrons. The van der Waals surface area contributed by atoms with Gasteiger partial charge in [-0.15, -0.1) is 0 Å². The Morgan fingerprint density at radius 2 is 0.923 bits per heavy atom. The normalized spacial score (nSPS) is 11.3. The van der Waals surface area contributed by atoms with Crippen molar-refractivity contribution in [3.05, 3.63) is 42.5 Å². The van der Waals surface area contributed by atoms with Crippen LogP contribution >= 0.6 is 0 Å². The molecular formula is C36H58O3. The number of carbonyl (C=O) groups excluding carboxylic acids is 1. The number of unbranched alkanes of at least 4 members (excludes halogenated alkanes) is 21. The van der Waals surface area contributed by atoms with Gasteiger partial charge in [-0.25, -0.2) is 0 Å². The van der Waals surface area contributed by atoms with Crippen molar-refractivity contribution < 1.29 is 14.3 Å². The molecule has 0 saturated carbocycles. The standard InChI is InChI=1S/C36H58O3/c37-29-23-19-17-15-13-11-9-7-5-3-1-2-4-6-8-10-12-14-16-18-20-24-30-38-31-32-39-36-28-27-34-25-21-22-26-35(34)33-36/h21-22,25-29,33H,1-20,23-24,30-32H2. The molecule has 2 aromatic rings. The van der Waals surface area contributed by atoms with Crippen LogP contribution in [0.25, 0.3) is 10.8 Å². The van der Waals surface area contributed by atoms with Crippen molar-refractivity contribution in [3.8, 4) is 5.75 Å². The summed E-state index contributed by atoms with van der Waals surface area (Å²) < 4.78 is 11.6. The Morgan fingerprint density at radius 3 is 1.44 bits per heavy atom. The first kappa shape index (κ1) is 33.3. The summed E-state index contributed by atoms with van der Waals surface area (Å²) in [4.78, 5) is 10.3. The second-order valence-corrected chi connectivity index (χ2v) is 11.3. The predicted molar refractivity (Wildman–Crippen MR) is 168 cm³/mol. The fourth-order valence-corrected chi connectivity index (χ4v) is 5.37. The molecular weight excluding hydrogens is 480 g/mol. The minimum absolute atomic E-state index is 0.616. The molecule has 0 heterocycles. The lowest BCUT2D eigenvalue weighted by Gasteiger charge is -2.08. The van der Waals surface area contributed by atoms with E-state index in [0.29, 0.717) is 13.2 Å². The molecule has 220 valence electrons. The van der Waals surface area contributed by atoms with E-state index in [1.165, 1.54) is 139 Å². The molecule has 0 aromatic heterocycles. The van der Waals surface area contributed by atoms with Crippen molar-refractivity contribution in [2.24, 2.45) is 0 Å². The van der Waals surface area contributed by atoms with Gasteiger partial charge in [0, 0.05) is 13.0 Å². The molecule has 3 nitrogen and oxygen atoms in total. The van der Waals surface area contributed by atoms with E-state index in [-0.39, 0.29) is 0 Å². The second-order valence-electron chi connectivity index (χ2n) is 11.3.